The molecule has 0 aromatic heterocycles. The Balaban J connectivity index is 2.70. The molecule has 0 radical (unpaired) electrons. The molecule has 1 aliphatic heterocycles. The van der Waals surface area contributed by atoms with Crippen LogP contribution in [-0.2, 0) is 14.3 Å². The summed E-state index contributed by atoms with van der Waals surface area (Å²) in [6, 6.07) is -0.491. The lowest BCUT2D eigenvalue weighted by Gasteiger charge is -2.34. The van der Waals surface area contributed by atoms with Gasteiger partial charge in [-0.05, 0) is 18.6 Å². The topological polar surface area (TPSA) is 58.6 Å². The summed E-state index contributed by atoms with van der Waals surface area (Å²) in [5.41, 5.74) is 3.04. The highest BCUT2D eigenvalue weighted by Crippen LogP contribution is 2.09. The Labute approximate surface area is 94.7 Å². The zero-order valence-corrected chi connectivity index (χ0v) is 9.36. The lowest BCUT2D eigenvalue weighted by atomic mass is 10.1. The quantitative estimate of drug-likeness (QED) is 0.685. The van der Waals surface area contributed by atoms with E-state index in [0.717, 1.165) is 6.08 Å². The molecule has 1 heterocycles. The van der Waals surface area contributed by atoms with Crippen molar-refractivity contribution in [1.29, 1.82) is 0 Å². The molecule has 1 amide bonds. The Morgan fingerprint density at radius 2 is 2.25 bits per heavy atom. The van der Waals surface area contributed by atoms with Crippen molar-refractivity contribution in [3.8, 4) is 0 Å². The fourth-order valence-electron chi connectivity index (χ4n) is 1.43. The van der Waals surface area contributed by atoms with Crippen molar-refractivity contribution in [3.05, 3.63) is 24.8 Å². The second-order valence-electron chi connectivity index (χ2n) is 3.61. The maximum absolute atomic E-state index is 11.8. The highest BCUT2D eigenvalue weighted by molar-refractivity contribution is 5.98. The standard InChI is InChI=1S/C11H16N2O3/c1-4-10(14)12-13-5-6-16-7-9(13)11(15)8(2)3/h4,9H,1-2,5-7H2,3H3,(H,12,14). The van der Waals surface area contributed by atoms with Gasteiger partial charge in [0, 0.05) is 6.54 Å². The number of amides is 1. The van der Waals surface area contributed by atoms with Gasteiger partial charge in [0.05, 0.1) is 13.2 Å². The molecule has 0 aromatic carbocycles. The number of hydrogen-bond donors (Lipinski definition) is 1. The first-order valence-corrected chi connectivity index (χ1v) is 5.03. The van der Waals surface area contributed by atoms with Crippen LogP contribution in [0.25, 0.3) is 0 Å². The van der Waals surface area contributed by atoms with Crippen LogP contribution in [0.15, 0.2) is 24.8 Å². The van der Waals surface area contributed by atoms with Crippen LogP contribution < -0.4 is 5.43 Å². The van der Waals surface area contributed by atoms with Crippen LogP contribution >= 0.6 is 0 Å². The molecule has 16 heavy (non-hydrogen) atoms. The number of hydrogen-bond acceptors (Lipinski definition) is 4. The summed E-state index contributed by atoms with van der Waals surface area (Å²) >= 11 is 0. The predicted molar refractivity (Wildman–Crippen MR) is 59.5 cm³/mol. The van der Waals surface area contributed by atoms with E-state index in [0.29, 0.717) is 18.7 Å². The molecule has 1 unspecified atom stereocenters. The molecular formula is C11H16N2O3. The van der Waals surface area contributed by atoms with Gasteiger partial charge in [0.1, 0.15) is 6.04 Å². The van der Waals surface area contributed by atoms with Crippen LogP contribution in [0.3, 0.4) is 0 Å². The number of morpholine rings is 1. The number of carbonyl (C=O) groups excluding carboxylic acids is 2. The Bertz CT molecular complexity index is 325. The van der Waals surface area contributed by atoms with E-state index in [9.17, 15) is 9.59 Å². The molecular weight excluding hydrogens is 208 g/mol. The van der Waals surface area contributed by atoms with E-state index in [1.54, 1.807) is 11.9 Å². The molecule has 0 aliphatic carbocycles. The van der Waals surface area contributed by atoms with Gasteiger partial charge in [0.15, 0.2) is 5.78 Å². The molecule has 88 valence electrons. The third-order valence-corrected chi connectivity index (χ3v) is 2.29. The monoisotopic (exact) mass is 224 g/mol. The highest BCUT2D eigenvalue weighted by Gasteiger charge is 2.30. The Morgan fingerprint density at radius 1 is 1.56 bits per heavy atom. The maximum Gasteiger partial charge on any atom is 0.257 e. The van der Waals surface area contributed by atoms with Crippen LogP contribution in [-0.4, -0.2) is 42.5 Å². The number of Topliss-reactive ketones (excluding diaryl/α,β-unsaturated/α-hetero) is 1. The van der Waals surface area contributed by atoms with Crippen LogP contribution in [0.5, 0.6) is 0 Å². The fourth-order valence-corrected chi connectivity index (χ4v) is 1.43. The van der Waals surface area contributed by atoms with E-state index < -0.39 is 6.04 Å². The Kier molecular flexibility index (Phi) is 4.39. The molecule has 1 saturated heterocycles. The van der Waals surface area contributed by atoms with Gasteiger partial charge in [-0.1, -0.05) is 13.2 Å². The summed E-state index contributed by atoms with van der Waals surface area (Å²) in [6.07, 6.45) is 1.16. The molecule has 0 spiro atoms. The van der Waals surface area contributed by atoms with E-state index in [2.05, 4.69) is 18.6 Å². The van der Waals surface area contributed by atoms with Crippen LogP contribution in [0.1, 0.15) is 6.92 Å². The van der Waals surface area contributed by atoms with E-state index in [1.807, 2.05) is 0 Å². The first kappa shape index (κ1) is 12.6. The summed E-state index contributed by atoms with van der Waals surface area (Å²) in [5.74, 6) is -0.453. The molecule has 1 fully saturated rings. The molecule has 1 rings (SSSR count). The lowest BCUT2D eigenvalue weighted by molar-refractivity contribution is -0.135. The van der Waals surface area contributed by atoms with Gasteiger partial charge in [-0.3, -0.25) is 15.0 Å². The summed E-state index contributed by atoms with van der Waals surface area (Å²) in [6.45, 7) is 9.83. The average molecular weight is 224 g/mol. The number of ketones is 1. The number of ether oxygens (including phenoxy) is 1. The van der Waals surface area contributed by atoms with Crippen molar-refractivity contribution in [3.63, 3.8) is 0 Å². The van der Waals surface area contributed by atoms with Crippen molar-refractivity contribution < 1.29 is 14.3 Å². The third-order valence-electron chi connectivity index (χ3n) is 2.29. The largest absolute Gasteiger partial charge is 0.378 e. The zero-order chi connectivity index (χ0) is 12.1. The van der Waals surface area contributed by atoms with Gasteiger partial charge in [-0.15, -0.1) is 0 Å². The molecule has 0 saturated carbocycles. The van der Waals surface area contributed by atoms with Crippen LogP contribution in [0.4, 0.5) is 0 Å². The molecule has 0 aromatic rings. The Morgan fingerprint density at radius 3 is 2.81 bits per heavy atom. The van der Waals surface area contributed by atoms with E-state index in [-0.39, 0.29) is 18.3 Å². The van der Waals surface area contributed by atoms with Crippen LogP contribution in [0, 0.1) is 0 Å². The van der Waals surface area contributed by atoms with Crippen LogP contribution in [0.2, 0.25) is 0 Å². The van der Waals surface area contributed by atoms with Crippen molar-refractivity contribution >= 4 is 11.7 Å². The van der Waals surface area contributed by atoms with Crippen molar-refractivity contribution in [2.75, 3.05) is 19.8 Å². The van der Waals surface area contributed by atoms with Gasteiger partial charge in [-0.25, -0.2) is 5.01 Å². The minimum atomic E-state index is -0.491. The van der Waals surface area contributed by atoms with E-state index >= 15 is 0 Å². The number of rotatable bonds is 4. The first-order valence-electron chi connectivity index (χ1n) is 5.03. The second-order valence-corrected chi connectivity index (χ2v) is 3.61. The Hall–Kier alpha value is -1.46. The third kappa shape index (κ3) is 3.01. The summed E-state index contributed by atoms with van der Waals surface area (Å²) in [5, 5.41) is 1.57. The molecule has 1 aliphatic rings. The minimum absolute atomic E-state index is 0.121. The van der Waals surface area contributed by atoms with Gasteiger partial charge in [0.25, 0.3) is 5.91 Å². The fraction of sp³-hybridized carbons (Fsp3) is 0.455. The maximum atomic E-state index is 11.8. The second kappa shape index (κ2) is 5.58. The minimum Gasteiger partial charge on any atom is -0.378 e. The molecule has 5 heteroatoms. The summed E-state index contributed by atoms with van der Waals surface area (Å²) in [7, 11) is 0. The molecule has 5 nitrogen and oxygen atoms in total. The zero-order valence-electron chi connectivity index (χ0n) is 9.36. The average Bonchev–Trinajstić information content (AvgIpc) is 2.28. The number of hydrazine groups is 1. The van der Waals surface area contributed by atoms with Gasteiger partial charge in [0.2, 0.25) is 0 Å². The normalized spacial score (nSPS) is 21.2. The SMILES string of the molecule is C=CC(=O)NN1CCOCC1C(=O)C(=C)C. The number of carbonyl (C=O) groups is 2. The van der Waals surface area contributed by atoms with Crippen molar-refractivity contribution in [2.24, 2.45) is 0 Å². The predicted octanol–water partition coefficient (Wildman–Crippen LogP) is 0.0496. The lowest BCUT2D eigenvalue weighted by Crippen LogP contribution is -2.57. The molecule has 1 atom stereocenters. The van der Waals surface area contributed by atoms with Crippen molar-refractivity contribution in [2.45, 2.75) is 13.0 Å². The van der Waals surface area contributed by atoms with Crippen molar-refractivity contribution in [1.82, 2.24) is 10.4 Å². The van der Waals surface area contributed by atoms with E-state index in [1.165, 1.54) is 0 Å². The van der Waals surface area contributed by atoms with E-state index in [4.69, 9.17) is 4.74 Å². The highest BCUT2D eigenvalue weighted by atomic mass is 16.5. The molecule has 0 bridgehead atoms. The van der Waals surface area contributed by atoms with Gasteiger partial charge in [-0.2, -0.15) is 0 Å². The summed E-state index contributed by atoms with van der Waals surface area (Å²) < 4.78 is 5.22. The van der Waals surface area contributed by atoms with Gasteiger partial charge >= 0.3 is 0 Å². The molecule has 1 N–H and O–H groups in total. The smallest absolute Gasteiger partial charge is 0.257 e. The van der Waals surface area contributed by atoms with Gasteiger partial charge < -0.3 is 4.74 Å². The first-order chi connectivity index (χ1) is 7.56. The summed E-state index contributed by atoms with van der Waals surface area (Å²) in [4.78, 5) is 23.0. The number of nitrogens with one attached hydrogen (secondary N) is 1. The number of nitrogens with zero attached hydrogens (tertiary/aromatic N) is 1.